The first kappa shape index (κ1) is 20.8. The van der Waals surface area contributed by atoms with Gasteiger partial charge >= 0.3 is 0 Å². The zero-order chi connectivity index (χ0) is 21.1. The summed E-state index contributed by atoms with van der Waals surface area (Å²) in [5, 5.41) is 3.01. The first-order chi connectivity index (χ1) is 13.8. The van der Waals surface area contributed by atoms with Crippen LogP contribution in [0.4, 0.5) is 0 Å². The highest BCUT2D eigenvalue weighted by atomic mass is 16.4. The lowest BCUT2D eigenvalue weighted by molar-refractivity contribution is -0.134. The molecule has 1 N–H and O–H groups in total. The van der Waals surface area contributed by atoms with Crippen LogP contribution in [0.5, 0.6) is 0 Å². The van der Waals surface area contributed by atoms with E-state index in [2.05, 4.69) is 37.7 Å². The molecule has 1 aliphatic heterocycles. The van der Waals surface area contributed by atoms with Gasteiger partial charge in [-0.1, -0.05) is 57.7 Å². The van der Waals surface area contributed by atoms with Gasteiger partial charge in [0.2, 0.25) is 17.7 Å². The summed E-state index contributed by atoms with van der Waals surface area (Å²) in [7, 11) is 0. The smallest absolute Gasteiger partial charge is 0.245 e. The van der Waals surface area contributed by atoms with Gasteiger partial charge in [0.25, 0.3) is 0 Å². The third kappa shape index (κ3) is 4.42. The van der Waals surface area contributed by atoms with Gasteiger partial charge in [0, 0.05) is 18.5 Å². The third-order valence-electron chi connectivity index (χ3n) is 5.56. The maximum atomic E-state index is 13.3. The average Bonchev–Trinajstić information content (AvgIpc) is 3.22. The number of nitrogens with zero attached hydrogens (tertiary/aromatic N) is 2. The van der Waals surface area contributed by atoms with Gasteiger partial charge in [0.1, 0.15) is 5.76 Å². The highest BCUT2D eigenvalue weighted by molar-refractivity contribution is 5.90. The van der Waals surface area contributed by atoms with Gasteiger partial charge in [-0.2, -0.15) is 0 Å². The second-order valence-corrected chi connectivity index (χ2v) is 8.53. The SMILES string of the molecule is C=CC(=O)N1CCC(C(=O)NCc2ncc(C(C)(C)C)o2)(c2ccccc2)CC1. The van der Waals surface area contributed by atoms with Gasteiger partial charge in [0.15, 0.2) is 0 Å². The molecule has 6 heteroatoms. The Hall–Kier alpha value is -2.89. The molecule has 0 bridgehead atoms. The van der Waals surface area contributed by atoms with Crippen LogP contribution in [0.25, 0.3) is 0 Å². The fourth-order valence-electron chi connectivity index (χ4n) is 3.71. The largest absolute Gasteiger partial charge is 0.443 e. The molecule has 0 atom stereocenters. The Kier molecular flexibility index (Phi) is 5.91. The molecular weight excluding hydrogens is 366 g/mol. The topological polar surface area (TPSA) is 75.4 Å². The summed E-state index contributed by atoms with van der Waals surface area (Å²) in [6, 6.07) is 9.78. The maximum Gasteiger partial charge on any atom is 0.245 e. The van der Waals surface area contributed by atoms with E-state index in [9.17, 15) is 9.59 Å². The molecule has 1 aliphatic rings. The molecule has 0 spiro atoms. The molecule has 154 valence electrons. The number of carbonyl (C=O) groups is 2. The van der Waals surface area contributed by atoms with Crippen molar-refractivity contribution in [1.29, 1.82) is 0 Å². The van der Waals surface area contributed by atoms with E-state index in [0.29, 0.717) is 31.8 Å². The molecule has 6 nitrogen and oxygen atoms in total. The second-order valence-electron chi connectivity index (χ2n) is 8.53. The van der Waals surface area contributed by atoms with Crippen LogP contribution in [0.3, 0.4) is 0 Å². The van der Waals surface area contributed by atoms with Crippen LogP contribution >= 0.6 is 0 Å². The molecule has 1 aromatic heterocycles. The van der Waals surface area contributed by atoms with Crippen LogP contribution < -0.4 is 5.32 Å². The van der Waals surface area contributed by atoms with Crippen molar-refractivity contribution < 1.29 is 14.0 Å². The predicted octanol–water partition coefficient (Wildman–Crippen LogP) is 3.33. The van der Waals surface area contributed by atoms with Crippen LogP contribution in [0.1, 0.15) is 50.8 Å². The zero-order valence-electron chi connectivity index (χ0n) is 17.4. The number of carbonyl (C=O) groups excluding carboxylic acids is 2. The Bertz CT molecular complexity index is 872. The number of benzene rings is 1. The molecule has 3 rings (SSSR count). The monoisotopic (exact) mass is 395 g/mol. The molecule has 2 heterocycles. The van der Waals surface area contributed by atoms with Crippen molar-refractivity contribution in [2.24, 2.45) is 0 Å². The van der Waals surface area contributed by atoms with Crippen molar-refractivity contribution in [3.05, 3.63) is 66.4 Å². The Morgan fingerprint density at radius 2 is 1.90 bits per heavy atom. The summed E-state index contributed by atoms with van der Waals surface area (Å²) >= 11 is 0. The van der Waals surface area contributed by atoms with E-state index in [-0.39, 0.29) is 23.8 Å². The summed E-state index contributed by atoms with van der Waals surface area (Å²) < 4.78 is 5.80. The van der Waals surface area contributed by atoms with Crippen LogP contribution in [0, 0.1) is 0 Å². The first-order valence-electron chi connectivity index (χ1n) is 9.96. The van der Waals surface area contributed by atoms with Crippen molar-refractivity contribution in [1.82, 2.24) is 15.2 Å². The molecule has 0 radical (unpaired) electrons. The predicted molar refractivity (Wildman–Crippen MR) is 111 cm³/mol. The van der Waals surface area contributed by atoms with E-state index < -0.39 is 5.41 Å². The Morgan fingerprint density at radius 1 is 1.24 bits per heavy atom. The Morgan fingerprint density at radius 3 is 2.45 bits per heavy atom. The number of aromatic nitrogens is 1. The lowest BCUT2D eigenvalue weighted by Crippen LogP contribution is -2.52. The van der Waals surface area contributed by atoms with Gasteiger partial charge in [-0.15, -0.1) is 0 Å². The number of amides is 2. The van der Waals surface area contributed by atoms with Crippen molar-refractivity contribution in [3.8, 4) is 0 Å². The second kappa shape index (κ2) is 8.23. The Labute approximate surface area is 172 Å². The van der Waals surface area contributed by atoms with E-state index in [1.54, 1.807) is 11.1 Å². The normalized spacial score (nSPS) is 16.3. The quantitative estimate of drug-likeness (QED) is 0.788. The lowest BCUT2D eigenvalue weighted by atomic mass is 9.72. The van der Waals surface area contributed by atoms with Crippen LogP contribution in [0.2, 0.25) is 0 Å². The van der Waals surface area contributed by atoms with Gasteiger partial charge in [-0.25, -0.2) is 4.98 Å². The van der Waals surface area contributed by atoms with E-state index >= 15 is 0 Å². The van der Waals surface area contributed by atoms with E-state index in [0.717, 1.165) is 11.3 Å². The molecular formula is C23H29N3O3. The average molecular weight is 396 g/mol. The minimum Gasteiger partial charge on any atom is -0.443 e. The third-order valence-corrected chi connectivity index (χ3v) is 5.56. The molecule has 2 amide bonds. The highest BCUT2D eigenvalue weighted by Crippen LogP contribution is 2.36. The number of likely N-dealkylation sites (tertiary alicyclic amines) is 1. The zero-order valence-corrected chi connectivity index (χ0v) is 17.4. The maximum absolute atomic E-state index is 13.3. The summed E-state index contributed by atoms with van der Waals surface area (Å²) in [6.07, 6.45) is 4.15. The van der Waals surface area contributed by atoms with Crippen molar-refractivity contribution in [3.63, 3.8) is 0 Å². The fourth-order valence-corrected chi connectivity index (χ4v) is 3.71. The number of rotatable bonds is 5. The van der Waals surface area contributed by atoms with Gasteiger partial charge in [-0.3, -0.25) is 9.59 Å². The molecule has 2 aromatic rings. The van der Waals surface area contributed by atoms with Crippen LogP contribution in [-0.2, 0) is 27.0 Å². The first-order valence-corrected chi connectivity index (χ1v) is 9.96. The van der Waals surface area contributed by atoms with Gasteiger partial charge in [0.05, 0.1) is 18.2 Å². The van der Waals surface area contributed by atoms with E-state index in [4.69, 9.17) is 4.42 Å². The Balaban J connectivity index is 1.76. The molecule has 1 fully saturated rings. The van der Waals surface area contributed by atoms with Crippen molar-refractivity contribution >= 4 is 11.8 Å². The van der Waals surface area contributed by atoms with Gasteiger partial charge in [-0.05, 0) is 24.5 Å². The number of oxazole rings is 1. The number of piperidine rings is 1. The molecule has 1 saturated heterocycles. The van der Waals surface area contributed by atoms with E-state index in [1.165, 1.54) is 6.08 Å². The minimum absolute atomic E-state index is 0.0649. The summed E-state index contributed by atoms with van der Waals surface area (Å²) in [4.78, 5) is 31.3. The molecule has 29 heavy (non-hydrogen) atoms. The lowest BCUT2D eigenvalue weighted by Gasteiger charge is -2.40. The van der Waals surface area contributed by atoms with Gasteiger partial charge < -0.3 is 14.6 Å². The molecule has 0 aliphatic carbocycles. The number of nitrogens with one attached hydrogen (secondary N) is 1. The van der Waals surface area contributed by atoms with Crippen LogP contribution in [0.15, 0.2) is 53.6 Å². The summed E-state index contributed by atoms with van der Waals surface area (Å²) in [5.41, 5.74) is 0.148. The van der Waals surface area contributed by atoms with E-state index in [1.807, 2.05) is 30.3 Å². The van der Waals surface area contributed by atoms with Crippen molar-refractivity contribution in [2.45, 2.75) is 51.0 Å². The van der Waals surface area contributed by atoms with Crippen LogP contribution in [-0.4, -0.2) is 34.8 Å². The fraction of sp³-hybridized carbons (Fsp3) is 0.435. The number of hydrogen-bond donors (Lipinski definition) is 1. The standard InChI is InChI=1S/C23H29N3O3/c1-5-20(27)26-13-11-23(12-14-26,17-9-7-6-8-10-17)21(28)25-16-19-24-15-18(29-19)22(2,3)4/h5-10,15H,1,11-14,16H2,2-4H3,(H,25,28). The molecule has 1 aromatic carbocycles. The van der Waals surface area contributed by atoms with Crippen molar-refractivity contribution in [2.75, 3.05) is 13.1 Å². The minimum atomic E-state index is -0.682. The summed E-state index contributed by atoms with van der Waals surface area (Å²) in [5.74, 6) is 1.12. The highest BCUT2D eigenvalue weighted by Gasteiger charge is 2.43. The number of hydrogen-bond acceptors (Lipinski definition) is 4. The molecule has 0 saturated carbocycles. The summed E-state index contributed by atoms with van der Waals surface area (Å²) in [6.45, 7) is 11.0. The molecule has 0 unspecified atom stereocenters.